The number of piperidine rings is 1. The molecule has 0 aromatic carbocycles. The molecule has 0 bridgehead atoms. The number of halogens is 1. The van der Waals surface area contributed by atoms with Crippen molar-refractivity contribution in [3.8, 4) is 0 Å². The Balaban J connectivity index is 1.61. The second-order valence-electron chi connectivity index (χ2n) is 6.83. The first-order valence-electron chi connectivity index (χ1n) is 9.03. The number of nitrogens with two attached hydrogens (primary N) is 1. The van der Waals surface area contributed by atoms with E-state index in [1.165, 1.54) is 6.08 Å². The topological polar surface area (TPSA) is 106 Å². The van der Waals surface area contributed by atoms with Crippen LogP contribution in [0.3, 0.4) is 0 Å². The fourth-order valence-electron chi connectivity index (χ4n) is 3.24. The van der Waals surface area contributed by atoms with Gasteiger partial charge in [-0.25, -0.2) is 4.98 Å². The number of rotatable bonds is 5. The van der Waals surface area contributed by atoms with E-state index in [1.807, 2.05) is 17.9 Å². The molecular formula is C19H23ClN6O2. The molecule has 2 amide bonds. The van der Waals surface area contributed by atoms with Gasteiger partial charge in [0.25, 0.3) is 0 Å². The summed E-state index contributed by atoms with van der Waals surface area (Å²) in [6.45, 7) is 3.23. The van der Waals surface area contributed by atoms with E-state index in [1.54, 1.807) is 30.1 Å². The summed E-state index contributed by atoms with van der Waals surface area (Å²) in [5.41, 5.74) is 7.46. The summed E-state index contributed by atoms with van der Waals surface area (Å²) in [6.07, 6.45) is 6.35. The zero-order valence-corrected chi connectivity index (χ0v) is 16.6. The van der Waals surface area contributed by atoms with Crippen molar-refractivity contribution in [2.45, 2.75) is 19.8 Å². The number of hydrogen-bond acceptors (Lipinski definition) is 5. The molecule has 1 atom stereocenters. The van der Waals surface area contributed by atoms with Crippen molar-refractivity contribution < 1.29 is 9.59 Å². The predicted octanol–water partition coefficient (Wildman–Crippen LogP) is 2.13. The van der Waals surface area contributed by atoms with Gasteiger partial charge in [-0.2, -0.15) is 5.10 Å². The van der Waals surface area contributed by atoms with E-state index in [9.17, 15) is 9.59 Å². The normalized spacial score (nSPS) is 17.1. The molecule has 8 nitrogen and oxygen atoms in total. The van der Waals surface area contributed by atoms with E-state index in [4.69, 9.17) is 17.3 Å². The van der Waals surface area contributed by atoms with Crippen molar-refractivity contribution in [3.63, 3.8) is 0 Å². The minimum absolute atomic E-state index is 0.150. The van der Waals surface area contributed by atoms with Gasteiger partial charge >= 0.3 is 0 Å². The van der Waals surface area contributed by atoms with Crippen molar-refractivity contribution in [1.29, 1.82) is 0 Å². The molecule has 3 rings (SSSR count). The number of pyridine rings is 1. The lowest BCUT2D eigenvalue weighted by Gasteiger charge is -2.32. The van der Waals surface area contributed by atoms with Crippen LogP contribution in [0.25, 0.3) is 6.08 Å². The van der Waals surface area contributed by atoms with Crippen molar-refractivity contribution in [2.24, 2.45) is 18.7 Å². The second kappa shape index (κ2) is 8.43. The number of nitrogens with zero attached hydrogens (tertiary/aromatic N) is 4. The minimum atomic E-state index is -0.291. The van der Waals surface area contributed by atoms with E-state index in [2.05, 4.69) is 15.4 Å². The molecule has 3 N–H and O–H groups in total. The van der Waals surface area contributed by atoms with Crippen LogP contribution in [0.4, 0.5) is 11.5 Å². The first kappa shape index (κ1) is 19.9. The lowest BCUT2D eigenvalue weighted by atomic mass is 9.97. The van der Waals surface area contributed by atoms with E-state index in [0.717, 1.165) is 30.9 Å². The Morgan fingerprint density at radius 2 is 2.18 bits per heavy atom. The van der Waals surface area contributed by atoms with Gasteiger partial charge in [0.1, 0.15) is 11.0 Å². The highest BCUT2D eigenvalue weighted by Gasteiger charge is 2.24. The summed E-state index contributed by atoms with van der Waals surface area (Å²) >= 11 is 6.15. The quantitative estimate of drug-likeness (QED) is 0.745. The van der Waals surface area contributed by atoms with Gasteiger partial charge in [-0.1, -0.05) is 11.6 Å². The average Bonchev–Trinajstić information content (AvgIpc) is 2.92. The molecule has 0 spiro atoms. The summed E-state index contributed by atoms with van der Waals surface area (Å²) in [5.74, 6) is 0.0463. The van der Waals surface area contributed by atoms with Gasteiger partial charge < -0.3 is 16.0 Å². The highest BCUT2D eigenvalue weighted by Crippen LogP contribution is 2.23. The molecule has 0 aliphatic carbocycles. The number of nitrogens with one attached hydrogen (secondary N) is 1. The van der Waals surface area contributed by atoms with Crippen LogP contribution in [0.1, 0.15) is 24.1 Å². The molecule has 0 saturated carbocycles. The molecule has 1 saturated heterocycles. The number of primary amides is 1. The summed E-state index contributed by atoms with van der Waals surface area (Å²) in [7, 11) is 1.74. The average molecular weight is 403 g/mol. The molecule has 1 unspecified atom stereocenters. The van der Waals surface area contributed by atoms with E-state index < -0.39 is 0 Å². The first-order chi connectivity index (χ1) is 13.3. The van der Waals surface area contributed by atoms with Crippen LogP contribution in [0.2, 0.25) is 5.15 Å². The van der Waals surface area contributed by atoms with Gasteiger partial charge in [-0.3, -0.25) is 14.3 Å². The molecule has 0 radical (unpaired) electrons. The number of carbonyl (C=O) groups is 2. The molecule has 148 valence electrons. The zero-order chi connectivity index (χ0) is 20.3. The Morgan fingerprint density at radius 3 is 2.79 bits per heavy atom. The van der Waals surface area contributed by atoms with E-state index >= 15 is 0 Å². The molecule has 1 aliphatic rings. The largest absolute Gasteiger partial charge is 0.369 e. The van der Waals surface area contributed by atoms with Crippen molar-refractivity contribution >= 4 is 41.0 Å². The number of aryl methyl sites for hydroxylation is 2. The summed E-state index contributed by atoms with van der Waals surface area (Å²) in [6, 6.07) is 3.61. The molecular weight excluding hydrogens is 380 g/mol. The van der Waals surface area contributed by atoms with Gasteiger partial charge in [0, 0.05) is 31.8 Å². The third kappa shape index (κ3) is 4.51. The predicted molar refractivity (Wildman–Crippen MR) is 109 cm³/mol. The van der Waals surface area contributed by atoms with Crippen LogP contribution in [-0.2, 0) is 16.6 Å². The summed E-state index contributed by atoms with van der Waals surface area (Å²) in [5, 5.41) is 7.44. The van der Waals surface area contributed by atoms with Crippen LogP contribution in [0.15, 0.2) is 24.4 Å². The molecule has 28 heavy (non-hydrogen) atoms. The fourth-order valence-corrected chi connectivity index (χ4v) is 3.48. The smallest absolute Gasteiger partial charge is 0.248 e. The maximum Gasteiger partial charge on any atom is 0.248 e. The SMILES string of the molecule is Cc1nn(C)c(Cl)c1/C=C/C(=O)Nc1ccc(N2CCCC(C(N)=O)C2)nc1. The third-order valence-corrected chi connectivity index (χ3v) is 5.21. The molecule has 1 fully saturated rings. The Kier molecular flexibility index (Phi) is 5.99. The van der Waals surface area contributed by atoms with Crippen LogP contribution in [0.5, 0.6) is 0 Å². The molecule has 1 aliphatic heterocycles. The number of amides is 2. The van der Waals surface area contributed by atoms with Gasteiger partial charge in [0.05, 0.1) is 23.5 Å². The van der Waals surface area contributed by atoms with Crippen LogP contribution >= 0.6 is 11.6 Å². The molecule has 2 aromatic heterocycles. The third-order valence-electron chi connectivity index (χ3n) is 4.76. The van der Waals surface area contributed by atoms with Crippen molar-refractivity contribution in [2.75, 3.05) is 23.3 Å². The Morgan fingerprint density at radius 1 is 1.39 bits per heavy atom. The molecule has 3 heterocycles. The number of anilines is 2. The van der Waals surface area contributed by atoms with Crippen LogP contribution in [0, 0.1) is 12.8 Å². The Labute approximate surface area is 168 Å². The number of hydrogen-bond donors (Lipinski definition) is 2. The highest BCUT2D eigenvalue weighted by molar-refractivity contribution is 6.31. The number of aromatic nitrogens is 3. The van der Waals surface area contributed by atoms with Gasteiger partial charge in [0.2, 0.25) is 11.8 Å². The minimum Gasteiger partial charge on any atom is -0.369 e. The van der Waals surface area contributed by atoms with Crippen molar-refractivity contribution in [3.05, 3.63) is 40.8 Å². The van der Waals surface area contributed by atoms with E-state index in [0.29, 0.717) is 22.9 Å². The summed E-state index contributed by atoms with van der Waals surface area (Å²) in [4.78, 5) is 30.0. The summed E-state index contributed by atoms with van der Waals surface area (Å²) < 4.78 is 1.56. The van der Waals surface area contributed by atoms with Crippen molar-refractivity contribution in [1.82, 2.24) is 14.8 Å². The second-order valence-corrected chi connectivity index (χ2v) is 7.19. The van der Waals surface area contributed by atoms with Crippen LogP contribution in [-0.4, -0.2) is 39.7 Å². The standard InChI is InChI=1S/C19H23ClN6O2/c1-12-15(18(20)25(2)24-12)6-8-17(27)23-14-5-7-16(22-10-14)26-9-3-4-13(11-26)19(21)28/h5-8,10,13H,3-4,9,11H2,1-2H3,(H2,21,28)(H,23,27)/b8-6+. The lowest BCUT2D eigenvalue weighted by molar-refractivity contribution is -0.122. The number of carbonyl (C=O) groups excluding carboxylic acids is 2. The highest BCUT2D eigenvalue weighted by atomic mass is 35.5. The van der Waals surface area contributed by atoms with Gasteiger partial charge in [-0.15, -0.1) is 0 Å². The molecule has 2 aromatic rings. The lowest BCUT2D eigenvalue weighted by Crippen LogP contribution is -2.41. The van der Waals surface area contributed by atoms with Gasteiger partial charge in [0.15, 0.2) is 0 Å². The monoisotopic (exact) mass is 402 g/mol. The first-order valence-corrected chi connectivity index (χ1v) is 9.41. The fraction of sp³-hybridized carbons (Fsp3) is 0.368. The van der Waals surface area contributed by atoms with Crippen LogP contribution < -0.4 is 16.0 Å². The zero-order valence-electron chi connectivity index (χ0n) is 15.9. The van der Waals surface area contributed by atoms with E-state index in [-0.39, 0.29) is 17.7 Å². The Bertz CT molecular complexity index is 906. The maximum absolute atomic E-state index is 12.2. The maximum atomic E-state index is 12.2. The molecule has 9 heteroatoms. The van der Waals surface area contributed by atoms with Gasteiger partial charge in [-0.05, 0) is 38.0 Å². The Hall–Kier alpha value is -2.87.